The number of hydrogen-bond donors (Lipinski definition) is 1. The highest BCUT2D eigenvalue weighted by atomic mass is 16.6. The summed E-state index contributed by atoms with van der Waals surface area (Å²) in [5.74, 6) is 3.29. The van der Waals surface area contributed by atoms with Crippen LogP contribution in [0, 0.1) is 0 Å². The molecule has 128 valence electrons. The van der Waals surface area contributed by atoms with Crippen LogP contribution in [0.4, 0.5) is 0 Å². The number of hydrogen-bond acceptors (Lipinski definition) is 5. The van der Waals surface area contributed by atoms with Gasteiger partial charge in [0.1, 0.15) is 24.7 Å². The fourth-order valence-electron chi connectivity index (χ4n) is 2.73. The van der Waals surface area contributed by atoms with Gasteiger partial charge in [-0.3, -0.25) is 0 Å². The van der Waals surface area contributed by atoms with Crippen LogP contribution in [-0.4, -0.2) is 27.4 Å². The van der Waals surface area contributed by atoms with E-state index in [1.807, 2.05) is 30.3 Å². The van der Waals surface area contributed by atoms with Crippen molar-refractivity contribution in [1.29, 1.82) is 0 Å². The SMILES string of the molecule is COc1ccc(OC)c(CNC(C)c2ccc3c(c2)OCCO3)c1. The fraction of sp³-hybridized carbons (Fsp3) is 0.368. The summed E-state index contributed by atoms with van der Waals surface area (Å²) in [5.41, 5.74) is 2.21. The highest BCUT2D eigenvalue weighted by Gasteiger charge is 2.15. The Kier molecular flexibility index (Phi) is 5.11. The summed E-state index contributed by atoms with van der Waals surface area (Å²) in [6.45, 7) is 4.00. The molecule has 0 aliphatic carbocycles. The van der Waals surface area contributed by atoms with Crippen molar-refractivity contribution >= 4 is 0 Å². The van der Waals surface area contributed by atoms with Gasteiger partial charge in [0.25, 0.3) is 0 Å². The molecule has 24 heavy (non-hydrogen) atoms. The van der Waals surface area contributed by atoms with Crippen LogP contribution in [0.1, 0.15) is 24.1 Å². The molecule has 0 saturated heterocycles. The van der Waals surface area contributed by atoms with E-state index < -0.39 is 0 Å². The molecule has 1 heterocycles. The number of nitrogens with one attached hydrogen (secondary N) is 1. The molecule has 1 N–H and O–H groups in total. The third-order valence-corrected chi connectivity index (χ3v) is 4.15. The Morgan fingerprint density at radius 3 is 2.54 bits per heavy atom. The summed E-state index contributed by atoms with van der Waals surface area (Å²) in [6.07, 6.45) is 0. The minimum absolute atomic E-state index is 0.164. The summed E-state index contributed by atoms with van der Waals surface area (Å²) >= 11 is 0. The van der Waals surface area contributed by atoms with Crippen molar-refractivity contribution in [2.24, 2.45) is 0 Å². The Morgan fingerprint density at radius 1 is 1.00 bits per heavy atom. The molecule has 0 fully saturated rings. The summed E-state index contributed by atoms with van der Waals surface area (Å²) in [5, 5.41) is 3.52. The van der Waals surface area contributed by atoms with Gasteiger partial charge in [-0.2, -0.15) is 0 Å². The Bertz CT molecular complexity index is 702. The zero-order chi connectivity index (χ0) is 16.9. The van der Waals surface area contributed by atoms with E-state index in [2.05, 4.69) is 18.3 Å². The molecule has 0 saturated carbocycles. The van der Waals surface area contributed by atoms with Crippen LogP contribution < -0.4 is 24.3 Å². The van der Waals surface area contributed by atoms with E-state index in [4.69, 9.17) is 18.9 Å². The monoisotopic (exact) mass is 329 g/mol. The molecule has 0 amide bonds. The first-order valence-corrected chi connectivity index (χ1v) is 8.05. The Morgan fingerprint density at radius 2 is 1.79 bits per heavy atom. The van der Waals surface area contributed by atoms with Crippen molar-refractivity contribution in [1.82, 2.24) is 5.32 Å². The molecule has 0 spiro atoms. The van der Waals surface area contributed by atoms with Gasteiger partial charge in [-0.25, -0.2) is 0 Å². The van der Waals surface area contributed by atoms with E-state index in [-0.39, 0.29) is 6.04 Å². The van der Waals surface area contributed by atoms with Crippen LogP contribution >= 0.6 is 0 Å². The van der Waals surface area contributed by atoms with E-state index in [9.17, 15) is 0 Å². The molecule has 0 aromatic heterocycles. The highest BCUT2D eigenvalue weighted by molar-refractivity contribution is 5.45. The highest BCUT2D eigenvalue weighted by Crippen LogP contribution is 2.33. The van der Waals surface area contributed by atoms with E-state index in [1.165, 1.54) is 0 Å². The van der Waals surface area contributed by atoms with Gasteiger partial charge in [0.15, 0.2) is 11.5 Å². The maximum atomic E-state index is 5.65. The molecular formula is C19H23NO4. The first-order chi connectivity index (χ1) is 11.7. The molecule has 5 nitrogen and oxygen atoms in total. The van der Waals surface area contributed by atoms with Crippen LogP contribution in [0.3, 0.4) is 0 Å². The van der Waals surface area contributed by atoms with Gasteiger partial charge in [0, 0.05) is 18.2 Å². The van der Waals surface area contributed by atoms with Crippen molar-refractivity contribution in [3.8, 4) is 23.0 Å². The zero-order valence-electron chi connectivity index (χ0n) is 14.3. The average molecular weight is 329 g/mol. The maximum Gasteiger partial charge on any atom is 0.161 e. The van der Waals surface area contributed by atoms with Crippen molar-refractivity contribution in [2.45, 2.75) is 19.5 Å². The van der Waals surface area contributed by atoms with Crippen LogP contribution in [-0.2, 0) is 6.54 Å². The van der Waals surface area contributed by atoms with Gasteiger partial charge >= 0.3 is 0 Å². The third-order valence-electron chi connectivity index (χ3n) is 4.15. The minimum Gasteiger partial charge on any atom is -0.497 e. The van der Waals surface area contributed by atoms with Gasteiger partial charge in [0.05, 0.1) is 14.2 Å². The standard InChI is InChI=1S/C19H23NO4/c1-13(14-4-6-18-19(11-14)24-9-8-23-18)20-12-15-10-16(21-2)5-7-17(15)22-3/h4-7,10-11,13,20H,8-9,12H2,1-3H3. The van der Waals surface area contributed by atoms with Gasteiger partial charge < -0.3 is 24.3 Å². The second-order valence-corrected chi connectivity index (χ2v) is 5.68. The van der Waals surface area contributed by atoms with Crippen LogP contribution in [0.15, 0.2) is 36.4 Å². The van der Waals surface area contributed by atoms with Gasteiger partial charge in [-0.1, -0.05) is 6.07 Å². The first-order valence-electron chi connectivity index (χ1n) is 8.05. The van der Waals surface area contributed by atoms with Gasteiger partial charge in [-0.05, 0) is 42.8 Å². The normalized spacial score (nSPS) is 14.1. The summed E-state index contributed by atoms with van der Waals surface area (Å²) in [4.78, 5) is 0. The quantitative estimate of drug-likeness (QED) is 0.881. The van der Waals surface area contributed by atoms with E-state index in [0.29, 0.717) is 19.8 Å². The Labute approximate surface area is 142 Å². The van der Waals surface area contributed by atoms with E-state index >= 15 is 0 Å². The molecular weight excluding hydrogens is 306 g/mol. The van der Waals surface area contributed by atoms with Gasteiger partial charge in [-0.15, -0.1) is 0 Å². The lowest BCUT2D eigenvalue weighted by Crippen LogP contribution is -2.20. The number of benzene rings is 2. The lowest BCUT2D eigenvalue weighted by atomic mass is 10.1. The number of fused-ring (bicyclic) bond motifs is 1. The Balaban J connectivity index is 1.70. The molecule has 3 rings (SSSR count). The third kappa shape index (κ3) is 3.57. The molecule has 0 bridgehead atoms. The largest absolute Gasteiger partial charge is 0.497 e. The fourth-order valence-corrected chi connectivity index (χ4v) is 2.73. The minimum atomic E-state index is 0.164. The smallest absolute Gasteiger partial charge is 0.161 e. The van der Waals surface area contributed by atoms with Crippen molar-refractivity contribution in [2.75, 3.05) is 27.4 Å². The zero-order valence-corrected chi connectivity index (χ0v) is 14.3. The van der Waals surface area contributed by atoms with Crippen LogP contribution in [0.5, 0.6) is 23.0 Å². The van der Waals surface area contributed by atoms with Crippen molar-refractivity contribution in [3.63, 3.8) is 0 Å². The summed E-state index contributed by atoms with van der Waals surface area (Å²) < 4.78 is 21.9. The number of methoxy groups -OCH3 is 2. The predicted molar refractivity (Wildman–Crippen MR) is 92.2 cm³/mol. The second kappa shape index (κ2) is 7.45. The van der Waals surface area contributed by atoms with E-state index in [1.54, 1.807) is 14.2 Å². The van der Waals surface area contributed by atoms with Crippen LogP contribution in [0.25, 0.3) is 0 Å². The lowest BCUT2D eigenvalue weighted by molar-refractivity contribution is 0.171. The number of rotatable bonds is 6. The second-order valence-electron chi connectivity index (χ2n) is 5.68. The van der Waals surface area contributed by atoms with Gasteiger partial charge in [0.2, 0.25) is 0 Å². The maximum absolute atomic E-state index is 5.65. The summed E-state index contributed by atoms with van der Waals surface area (Å²) in [6, 6.07) is 12.0. The molecule has 1 aliphatic rings. The molecule has 1 atom stereocenters. The van der Waals surface area contributed by atoms with E-state index in [0.717, 1.165) is 34.1 Å². The topological polar surface area (TPSA) is 49.0 Å². The molecule has 0 radical (unpaired) electrons. The first kappa shape index (κ1) is 16.5. The lowest BCUT2D eigenvalue weighted by Gasteiger charge is -2.21. The molecule has 1 aliphatic heterocycles. The molecule has 2 aromatic carbocycles. The Hall–Kier alpha value is -2.40. The molecule has 5 heteroatoms. The van der Waals surface area contributed by atoms with Crippen LogP contribution in [0.2, 0.25) is 0 Å². The predicted octanol–water partition coefficient (Wildman–Crippen LogP) is 3.33. The summed E-state index contributed by atoms with van der Waals surface area (Å²) in [7, 11) is 3.34. The number of ether oxygens (including phenoxy) is 4. The molecule has 1 unspecified atom stereocenters. The molecule has 2 aromatic rings. The van der Waals surface area contributed by atoms with Crippen molar-refractivity contribution < 1.29 is 18.9 Å². The average Bonchev–Trinajstić information content (AvgIpc) is 2.65. The van der Waals surface area contributed by atoms with Crippen molar-refractivity contribution in [3.05, 3.63) is 47.5 Å².